The second-order valence-electron chi connectivity index (χ2n) is 6.19. The number of aromatic nitrogens is 1. The third kappa shape index (κ3) is 5.29. The first kappa shape index (κ1) is 18.9. The molecule has 2 aromatic rings. The highest BCUT2D eigenvalue weighted by atomic mass is 19.1. The molecule has 2 heterocycles. The molecule has 8 heteroatoms. The van der Waals surface area contributed by atoms with E-state index in [-0.39, 0.29) is 6.03 Å². The first-order chi connectivity index (χ1) is 13.1. The summed E-state index contributed by atoms with van der Waals surface area (Å²) in [5, 5.41) is 2.86. The Bertz CT molecular complexity index is 753. The van der Waals surface area contributed by atoms with Crippen molar-refractivity contribution in [2.45, 2.75) is 6.42 Å². The number of nitrogens with one attached hydrogen (secondary N) is 1. The van der Waals surface area contributed by atoms with E-state index in [1.54, 1.807) is 23.4 Å². The fraction of sp³-hybridized carbons (Fsp3) is 0.368. The third-order valence-corrected chi connectivity index (χ3v) is 4.32. The summed E-state index contributed by atoms with van der Waals surface area (Å²) in [4.78, 5) is 19.7. The molecule has 0 bridgehead atoms. The highest BCUT2D eigenvalue weighted by Crippen LogP contribution is 2.21. The van der Waals surface area contributed by atoms with Gasteiger partial charge in [0.25, 0.3) is 0 Å². The summed E-state index contributed by atoms with van der Waals surface area (Å²) in [6.07, 6.45) is 4.00. The lowest BCUT2D eigenvalue weighted by molar-refractivity contribution is 0.193. The zero-order chi connectivity index (χ0) is 19.1. The van der Waals surface area contributed by atoms with Gasteiger partial charge in [0.2, 0.25) is 0 Å². The van der Waals surface area contributed by atoms with Crippen LogP contribution in [0.3, 0.4) is 0 Å². The van der Waals surface area contributed by atoms with Gasteiger partial charge in [0, 0.05) is 45.0 Å². The molecular formula is C19H22F2N4O2. The van der Waals surface area contributed by atoms with Gasteiger partial charge in [-0.05, 0) is 30.7 Å². The van der Waals surface area contributed by atoms with Gasteiger partial charge < -0.3 is 19.9 Å². The molecule has 2 amide bonds. The molecule has 1 N–H and O–H groups in total. The number of carbonyl (C=O) groups is 1. The van der Waals surface area contributed by atoms with Crippen LogP contribution in [0.4, 0.5) is 19.3 Å². The van der Waals surface area contributed by atoms with E-state index in [1.807, 2.05) is 11.0 Å². The number of pyridine rings is 1. The average Bonchev–Trinajstić information content (AvgIpc) is 2.68. The molecule has 0 spiro atoms. The second-order valence-corrected chi connectivity index (χ2v) is 6.19. The lowest BCUT2D eigenvalue weighted by Gasteiger charge is -2.36. The van der Waals surface area contributed by atoms with Gasteiger partial charge in [0.15, 0.2) is 0 Å². The highest BCUT2D eigenvalue weighted by molar-refractivity contribution is 5.74. The van der Waals surface area contributed by atoms with E-state index in [1.165, 1.54) is 12.1 Å². The number of halogens is 2. The zero-order valence-electron chi connectivity index (χ0n) is 14.9. The van der Waals surface area contributed by atoms with Gasteiger partial charge in [-0.1, -0.05) is 0 Å². The molecule has 1 aromatic heterocycles. The summed E-state index contributed by atoms with van der Waals surface area (Å²) >= 11 is 0. The number of anilines is 1. The molecule has 0 aliphatic carbocycles. The van der Waals surface area contributed by atoms with Crippen LogP contribution < -0.4 is 15.0 Å². The molecule has 27 heavy (non-hydrogen) atoms. The number of carbonyl (C=O) groups excluding carboxylic acids is 1. The Morgan fingerprint density at radius 2 is 2.00 bits per heavy atom. The lowest BCUT2D eigenvalue weighted by atomic mass is 10.2. The van der Waals surface area contributed by atoms with Crippen molar-refractivity contribution in [3.63, 3.8) is 0 Å². The van der Waals surface area contributed by atoms with Crippen molar-refractivity contribution < 1.29 is 18.3 Å². The summed E-state index contributed by atoms with van der Waals surface area (Å²) in [6.45, 7) is 2.96. The van der Waals surface area contributed by atoms with E-state index in [4.69, 9.17) is 4.74 Å². The van der Waals surface area contributed by atoms with Crippen molar-refractivity contribution in [2.75, 3.05) is 44.2 Å². The van der Waals surface area contributed by atoms with Crippen LogP contribution in [-0.2, 0) is 0 Å². The molecule has 1 aliphatic heterocycles. The van der Waals surface area contributed by atoms with E-state index in [0.29, 0.717) is 57.2 Å². The third-order valence-electron chi connectivity index (χ3n) is 4.32. The normalized spacial score (nSPS) is 14.1. The molecule has 1 saturated heterocycles. The van der Waals surface area contributed by atoms with Crippen molar-refractivity contribution in [3.05, 3.63) is 54.4 Å². The van der Waals surface area contributed by atoms with Crippen LogP contribution in [0.1, 0.15) is 6.42 Å². The first-order valence-electron chi connectivity index (χ1n) is 8.89. The number of piperazine rings is 1. The van der Waals surface area contributed by atoms with Crippen molar-refractivity contribution >= 4 is 11.7 Å². The summed E-state index contributed by atoms with van der Waals surface area (Å²) < 4.78 is 32.4. The van der Waals surface area contributed by atoms with Crippen molar-refractivity contribution in [3.8, 4) is 5.75 Å². The molecule has 0 radical (unpaired) electrons. The van der Waals surface area contributed by atoms with Crippen LogP contribution in [-0.4, -0.2) is 55.2 Å². The highest BCUT2D eigenvalue weighted by Gasteiger charge is 2.22. The van der Waals surface area contributed by atoms with E-state index < -0.39 is 11.6 Å². The van der Waals surface area contributed by atoms with Crippen LogP contribution >= 0.6 is 0 Å². The Labute approximate surface area is 156 Å². The Kier molecular flexibility index (Phi) is 6.40. The Morgan fingerprint density at radius 3 is 2.70 bits per heavy atom. The predicted molar refractivity (Wildman–Crippen MR) is 97.9 cm³/mol. The number of ether oxygens (including phenoxy) is 1. The molecule has 3 rings (SSSR count). The van der Waals surface area contributed by atoms with Crippen LogP contribution in [0, 0.1) is 11.6 Å². The minimum absolute atomic E-state index is 0.143. The molecule has 0 atom stereocenters. The van der Waals surface area contributed by atoms with Gasteiger partial charge in [-0.2, -0.15) is 0 Å². The molecule has 1 aliphatic rings. The number of hydrogen-bond donors (Lipinski definition) is 1. The van der Waals surface area contributed by atoms with E-state index >= 15 is 0 Å². The number of nitrogens with zero attached hydrogens (tertiary/aromatic N) is 3. The first-order valence-corrected chi connectivity index (χ1v) is 8.89. The van der Waals surface area contributed by atoms with Gasteiger partial charge in [-0.3, -0.25) is 4.98 Å². The largest absolute Gasteiger partial charge is 0.492 e. The lowest BCUT2D eigenvalue weighted by Crippen LogP contribution is -2.52. The van der Waals surface area contributed by atoms with Gasteiger partial charge in [0.05, 0.1) is 18.5 Å². The van der Waals surface area contributed by atoms with Crippen LogP contribution in [0.2, 0.25) is 0 Å². The SMILES string of the molecule is O=C(NCCCOc1cccnc1)N1CCN(c2ccc(F)cc2F)CC1. The molecule has 0 saturated carbocycles. The standard InChI is InChI=1S/C19H22F2N4O2/c20-15-4-5-18(17(21)13-15)24-8-10-25(11-9-24)19(26)23-7-2-12-27-16-3-1-6-22-14-16/h1,3-6,13-14H,2,7-12H2,(H,23,26). The molecule has 144 valence electrons. The minimum Gasteiger partial charge on any atom is -0.492 e. The number of hydrogen-bond acceptors (Lipinski definition) is 4. The minimum atomic E-state index is -0.596. The van der Waals surface area contributed by atoms with Gasteiger partial charge in [0.1, 0.15) is 17.4 Å². The Hall–Kier alpha value is -2.90. The summed E-state index contributed by atoms with van der Waals surface area (Å²) in [7, 11) is 0. The molecular weight excluding hydrogens is 354 g/mol. The van der Waals surface area contributed by atoms with Crippen LogP contribution in [0.15, 0.2) is 42.7 Å². The number of amides is 2. The van der Waals surface area contributed by atoms with Crippen molar-refractivity contribution in [1.82, 2.24) is 15.2 Å². The number of urea groups is 1. The quantitative estimate of drug-likeness (QED) is 0.788. The summed E-state index contributed by atoms with van der Waals surface area (Å²) in [5.74, 6) is -0.476. The average molecular weight is 376 g/mol. The molecule has 0 unspecified atom stereocenters. The number of benzene rings is 1. The Morgan fingerprint density at radius 1 is 1.19 bits per heavy atom. The molecule has 6 nitrogen and oxygen atoms in total. The van der Waals surface area contributed by atoms with Gasteiger partial charge >= 0.3 is 6.03 Å². The maximum absolute atomic E-state index is 13.9. The van der Waals surface area contributed by atoms with E-state index in [9.17, 15) is 13.6 Å². The van der Waals surface area contributed by atoms with Crippen LogP contribution in [0.5, 0.6) is 5.75 Å². The fourth-order valence-corrected chi connectivity index (χ4v) is 2.89. The maximum Gasteiger partial charge on any atom is 0.317 e. The van der Waals surface area contributed by atoms with Gasteiger partial charge in [-0.25, -0.2) is 13.6 Å². The maximum atomic E-state index is 13.9. The summed E-state index contributed by atoms with van der Waals surface area (Å²) in [6, 6.07) is 7.04. The zero-order valence-corrected chi connectivity index (χ0v) is 14.9. The van der Waals surface area contributed by atoms with E-state index in [2.05, 4.69) is 10.3 Å². The topological polar surface area (TPSA) is 57.7 Å². The van der Waals surface area contributed by atoms with Crippen molar-refractivity contribution in [2.24, 2.45) is 0 Å². The molecule has 1 fully saturated rings. The molecule has 1 aromatic carbocycles. The number of rotatable bonds is 6. The smallest absolute Gasteiger partial charge is 0.317 e. The fourth-order valence-electron chi connectivity index (χ4n) is 2.89. The van der Waals surface area contributed by atoms with Gasteiger partial charge in [-0.15, -0.1) is 0 Å². The predicted octanol–water partition coefficient (Wildman–Crippen LogP) is 2.66. The van der Waals surface area contributed by atoms with Crippen LogP contribution in [0.25, 0.3) is 0 Å². The van der Waals surface area contributed by atoms with E-state index in [0.717, 1.165) is 6.07 Å². The summed E-state index contributed by atoms with van der Waals surface area (Å²) in [5.41, 5.74) is 0.365. The monoisotopic (exact) mass is 376 g/mol. The van der Waals surface area contributed by atoms with Crippen molar-refractivity contribution in [1.29, 1.82) is 0 Å². The Balaban J connectivity index is 1.36. The second kappa shape index (κ2) is 9.16.